The Morgan fingerprint density at radius 1 is 1.24 bits per heavy atom. The zero-order chi connectivity index (χ0) is 12.9. The molecule has 102 valence electrons. The van der Waals surface area contributed by atoms with Crippen LogP contribution in [0.2, 0.25) is 0 Å². The van der Waals surface area contributed by atoms with Gasteiger partial charge in [0, 0.05) is 49.3 Å². The van der Waals surface area contributed by atoms with Crippen LogP contribution in [0.1, 0.15) is 27.7 Å². The second-order valence-electron chi connectivity index (χ2n) is 5.87. The SMILES string of the molecule is C[C@H]1CN(CCSC(C)(C)C)CCN1CCO. The van der Waals surface area contributed by atoms with Crippen molar-refractivity contribution in [3.05, 3.63) is 0 Å². The van der Waals surface area contributed by atoms with Gasteiger partial charge in [-0.15, -0.1) is 0 Å². The van der Waals surface area contributed by atoms with Crippen LogP contribution >= 0.6 is 11.8 Å². The van der Waals surface area contributed by atoms with Crippen LogP contribution in [0.25, 0.3) is 0 Å². The van der Waals surface area contributed by atoms with E-state index >= 15 is 0 Å². The summed E-state index contributed by atoms with van der Waals surface area (Å²) in [5, 5.41) is 8.97. The van der Waals surface area contributed by atoms with Gasteiger partial charge in [0.25, 0.3) is 0 Å². The zero-order valence-corrected chi connectivity index (χ0v) is 12.6. The van der Waals surface area contributed by atoms with Crippen LogP contribution in [-0.4, -0.2) is 70.8 Å². The number of rotatable bonds is 5. The summed E-state index contributed by atoms with van der Waals surface area (Å²) in [5.74, 6) is 1.22. The maximum Gasteiger partial charge on any atom is 0.0558 e. The predicted octanol–water partition coefficient (Wildman–Crippen LogP) is 1.52. The van der Waals surface area contributed by atoms with Gasteiger partial charge in [-0.2, -0.15) is 11.8 Å². The smallest absolute Gasteiger partial charge is 0.0558 e. The van der Waals surface area contributed by atoms with Crippen molar-refractivity contribution >= 4 is 11.8 Å². The minimum absolute atomic E-state index is 0.282. The van der Waals surface area contributed by atoms with Crippen LogP contribution < -0.4 is 0 Å². The first-order valence-corrected chi connectivity index (χ1v) is 7.62. The van der Waals surface area contributed by atoms with Crippen LogP contribution in [0.3, 0.4) is 0 Å². The molecule has 0 bridgehead atoms. The Balaban J connectivity index is 2.21. The fourth-order valence-electron chi connectivity index (χ4n) is 2.22. The largest absolute Gasteiger partial charge is 0.395 e. The molecule has 1 aliphatic heterocycles. The van der Waals surface area contributed by atoms with Gasteiger partial charge in [0.05, 0.1) is 6.61 Å². The van der Waals surface area contributed by atoms with Crippen molar-refractivity contribution in [3.8, 4) is 0 Å². The number of β-amino-alcohol motifs (C(OH)–C–C–N with tert-alkyl or cyclic N) is 1. The number of aliphatic hydroxyl groups is 1. The van der Waals surface area contributed by atoms with Crippen molar-refractivity contribution in [2.24, 2.45) is 0 Å². The van der Waals surface area contributed by atoms with Crippen molar-refractivity contribution in [3.63, 3.8) is 0 Å². The van der Waals surface area contributed by atoms with Gasteiger partial charge in [0.1, 0.15) is 0 Å². The molecule has 0 aliphatic carbocycles. The summed E-state index contributed by atoms with van der Waals surface area (Å²) in [5.41, 5.74) is 0. The monoisotopic (exact) mass is 260 g/mol. The van der Waals surface area contributed by atoms with E-state index in [2.05, 4.69) is 37.5 Å². The van der Waals surface area contributed by atoms with E-state index in [9.17, 15) is 0 Å². The lowest BCUT2D eigenvalue weighted by molar-refractivity contribution is 0.0720. The Kier molecular flexibility index (Phi) is 6.27. The van der Waals surface area contributed by atoms with Gasteiger partial charge in [0.2, 0.25) is 0 Å². The van der Waals surface area contributed by atoms with E-state index in [4.69, 9.17) is 5.11 Å². The highest BCUT2D eigenvalue weighted by atomic mass is 32.2. The lowest BCUT2D eigenvalue weighted by Gasteiger charge is -2.39. The molecular weight excluding hydrogens is 232 g/mol. The van der Waals surface area contributed by atoms with E-state index in [0.717, 1.165) is 26.2 Å². The molecule has 1 rings (SSSR count). The second kappa shape index (κ2) is 6.98. The highest BCUT2D eigenvalue weighted by molar-refractivity contribution is 8.00. The molecule has 1 aliphatic rings. The highest BCUT2D eigenvalue weighted by Crippen LogP contribution is 2.23. The van der Waals surface area contributed by atoms with Crippen molar-refractivity contribution < 1.29 is 5.11 Å². The van der Waals surface area contributed by atoms with Crippen LogP contribution in [-0.2, 0) is 0 Å². The molecule has 0 aromatic carbocycles. The van der Waals surface area contributed by atoms with E-state index in [1.807, 2.05) is 11.8 Å². The summed E-state index contributed by atoms with van der Waals surface area (Å²) in [7, 11) is 0. The topological polar surface area (TPSA) is 26.7 Å². The third-order valence-corrected chi connectivity index (χ3v) is 4.43. The molecule has 3 nitrogen and oxygen atoms in total. The van der Waals surface area contributed by atoms with E-state index in [1.54, 1.807) is 0 Å². The molecule has 1 N–H and O–H groups in total. The lowest BCUT2D eigenvalue weighted by Crippen LogP contribution is -2.52. The predicted molar refractivity (Wildman–Crippen MR) is 76.8 cm³/mol. The molecule has 1 saturated heterocycles. The summed E-state index contributed by atoms with van der Waals surface area (Å²) in [4.78, 5) is 4.94. The Morgan fingerprint density at radius 3 is 2.47 bits per heavy atom. The molecule has 0 aromatic heterocycles. The molecule has 0 unspecified atom stereocenters. The number of hydrogen-bond donors (Lipinski definition) is 1. The molecule has 1 heterocycles. The quantitative estimate of drug-likeness (QED) is 0.811. The van der Waals surface area contributed by atoms with Gasteiger partial charge in [-0.3, -0.25) is 9.80 Å². The highest BCUT2D eigenvalue weighted by Gasteiger charge is 2.23. The minimum Gasteiger partial charge on any atom is -0.395 e. The third-order valence-electron chi connectivity index (χ3n) is 3.18. The molecule has 0 saturated carbocycles. The molecule has 0 radical (unpaired) electrons. The number of aliphatic hydroxyl groups excluding tert-OH is 1. The van der Waals surface area contributed by atoms with Crippen LogP contribution in [0, 0.1) is 0 Å². The maximum absolute atomic E-state index is 8.97. The summed E-state index contributed by atoms with van der Waals surface area (Å²) >= 11 is 2.04. The van der Waals surface area contributed by atoms with Crippen molar-refractivity contribution in [1.82, 2.24) is 9.80 Å². The first-order valence-electron chi connectivity index (χ1n) is 6.63. The molecule has 17 heavy (non-hydrogen) atoms. The number of piperazine rings is 1. The molecule has 1 fully saturated rings. The third kappa shape index (κ3) is 6.09. The zero-order valence-electron chi connectivity index (χ0n) is 11.8. The fourth-order valence-corrected chi connectivity index (χ4v) is 3.18. The van der Waals surface area contributed by atoms with Gasteiger partial charge < -0.3 is 5.11 Å². The molecule has 0 aromatic rings. The first kappa shape index (κ1) is 15.3. The minimum atomic E-state index is 0.282. The van der Waals surface area contributed by atoms with Crippen molar-refractivity contribution in [2.45, 2.75) is 38.5 Å². The van der Waals surface area contributed by atoms with E-state index in [1.165, 1.54) is 12.3 Å². The standard InChI is InChI=1S/C13H28N2OS/c1-12-11-14(5-6-15(12)7-9-16)8-10-17-13(2,3)4/h12,16H,5-11H2,1-4H3/t12-/m0/s1. The maximum atomic E-state index is 8.97. The van der Waals surface area contributed by atoms with E-state index < -0.39 is 0 Å². The first-order chi connectivity index (χ1) is 7.92. The van der Waals surface area contributed by atoms with Gasteiger partial charge in [-0.1, -0.05) is 20.8 Å². The summed E-state index contributed by atoms with van der Waals surface area (Å²) < 4.78 is 0.379. The Labute approximate surface area is 111 Å². The molecule has 0 spiro atoms. The lowest BCUT2D eigenvalue weighted by atomic mass is 10.2. The normalized spacial score (nSPS) is 24.2. The van der Waals surface area contributed by atoms with E-state index in [0.29, 0.717) is 10.8 Å². The summed E-state index contributed by atoms with van der Waals surface area (Å²) in [6.45, 7) is 14.8. The molecule has 0 amide bonds. The molecular formula is C13H28N2OS. The average Bonchev–Trinajstić information content (AvgIpc) is 2.20. The molecule has 4 heteroatoms. The summed E-state index contributed by atoms with van der Waals surface area (Å²) in [6, 6.07) is 0.579. The summed E-state index contributed by atoms with van der Waals surface area (Å²) in [6.07, 6.45) is 0. The fraction of sp³-hybridized carbons (Fsp3) is 1.00. The van der Waals surface area contributed by atoms with Crippen molar-refractivity contribution in [1.29, 1.82) is 0 Å². The Bertz CT molecular complexity index is 218. The number of thioether (sulfide) groups is 1. The van der Waals surface area contributed by atoms with Crippen LogP contribution in [0.4, 0.5) is 0 Å². The van der Waals surface area contributed by atoms with Gasteiger partial charge in [-0.25, -0.2) is 0 Å². The van der Waals surface area contributed by atoms with Gasteiger partial charge >= 0.3 is 0 Å². The molecule has 1 atom stereocenters. The number of hydrogen-bond acceptors (Lipinski definition) is 4. The average molecular weight is 260 g/mol. The number of nitrogens with zero attached hydrogens (tertiary/aromatic N) is 2. The second-order valence-corrected chi connectivity index (χ2v) is 7.79. The Hall–Kier alpha value is 0.230. The van der Waals surface area contributed by atoms with Gasteiger partial charge in [0.15, 0.2) is 0 Å². The van der Waals surface area contributed by atoms with Crippen LogP contribution in [0.5, 0.6) is 0 Å². The van der Waals surface area contributed by atoms with Crippen LogP contribution in [0.15, 0.2) is 0 Å². The van der Waals surface area contributed by atoms with E-state index in [-0.39, 0.29) is 6.61 Å². The Morgan fingerprint density at radius 2 is 1.94 bits per heavy atom. The van der Waals surface area contributed by atoms with Gasteiger partial charge in [-0.05, 0) is 6.92 Å². The van der Waals surface area contributed by atoms with Crippen molar-refractivity contribution in [2.75, 3.05) is 45.1 Å².